The predicted molar refractivity (Wildman–Crippen MR) is 73.7 cm³/mol. The fraction of sp³-hybridized carbons (Fsp3) is 0.500. The number of carbonyl (C=O) groups excluding carboxylic acids is 1. The van der Waals surface area contributed by atoms with Gasteiger partial charge in [-0.25, -0.2) is 4.79 Å². The smallest absolute Gasteiger partial charge is 0.317 e. The molecule has 106 valence electrons. The molecule has 19 heavy (non-hydrogen) atoms. The fourth-order valence-corrected chi connectivity index (χ4v) is 1.66. The van der Waals surface area contributed by atoms with Crippen LogP contribution in [0, 0.1) is 0 Å². The molecule has 5 nitrogen and oxygen atoms in total. The second kappa shape index (κ2) is 7.11. The first kappa shape index (κ1) is 15.5. The zero-order chi connectivity index (χ0) is 14.4. The topological polar surface area (TPSA) is 72.8 Å². The maximum atomic E-state index is 11.5. The largest absolute Gasteiger partial charge is 0.391 e. The molecule has 0 saturated heterocycles. The Kier molecular flexibility index (Phi) is 5.79. The van der Waals surface area contributed by atoms with Crippen LogP contribution in [-0.2, 0) is 0 Å². The number of hydrogen-bond donors (Lipinski definition) is 3. The Balaban J connectivity index is 2.50. The van der Waals surface area contributed by atoms with Gasteiger partial charge in [0.15, 0.2) is 0 Å². The van der Waals surface area contributed by atoms with Gasteiger partial charge in [0.25, 0.3) is 0 Å². The molecule has 0 aliphatic heterocycles. The molecule has 0 aliphatic carbocycles. The molecular weight excluding hydrogens is 244 g/mol. The second-order valence-electron chi connectivity index (χ2n) is 4.86. The number of nitrogens with zero attached hydrogens (tertiary/aromatic N) is 1. The first-order valence-corrected chi connectivity index (χ1v) is 6.30. The maximum absolute atomic E-state index is 11.5. The highest BCUT2D eigenvalue weighted by molar-refractivity contribution is 5.73. The average Bonchev–Trinajstić information content (AvgIpc) is 2.39. The third kappa shape index (κ3) is 4.89. The van der Waals surface area contributed by atoms with E-state index in [1.165, 1.54) is 4.90 Å². The number of hydrogen-bond acceptors (Lipinski definition) is 3. The van der Waals surface area contributed by atoms with Gasteiger partial charge in [0.05, 0.1) is 18.2 Å². The highest BCUT2D eigenvalue weighted by Gasteiger charge is 2.21. The van der Waals surface area contributed by atoms with Gasteiger partial charge in [0, 0.05) is 20.5 Å². The van der Waals surface area contributed by atoms with Crippen LogP contribution in [-0.4, -0.2) is 47.4 Å². The van der Waals surface area contributed by atoms with Crippen molar-refractivity contribution < 1.29 is 15.0 Å². The van der Waals surface area contributed by atoms with Gasteiger partial charge in [0.1, 0.15) is 0 Å². The average molecular weight is 266 g/mol. The van der Waals surface area contributed by atoms with Gasteiger partial charge in [-0.2, -0.15) is 0 Å². The number of amides is 2. The molecule has 0 bridgehead atoms. The number of nitrogens with one attached hydrogen (secondary N) is 1. The molecular formula is C14H22N2O3. The Morgan fingerprint density at radius 2 is 1.84 bits per heavy atom. The van der Waals surface area contributed by atoms with Crippen LogP contribution in [0.15, 0.2) is 30.3 Å². The van der Waals surface area contributed by atoms with Gasteiger partial charge in [0.2, 0.25) is 0 Å². The van der Waals surface area contributed by atoms with Crippen molar-refractivity contribution in [2.75, 3.05) is 14.1 Å². The Hall–Kier alpha value is -1.59. The molecule has 1 aromatic carbocycles. The van der Waals surface area contributed by atoms with Gasteiger partial charge in [-0.05, 0) is 12.5 Å². The third-order valence-electron chi connectivity index (χ3n) is 2.98. The number of urea groups is 1. The van der Waals surface area contributed by atoms with E-state index < -0.39 is 18.2 Å². The number of rotatable bonds is 5. The molecule has 0 aromatic heterocycles. The Labute approximate surface area is 113 Å². The second-order valence-corrected chi connectivity index (χ2v) is 4.86. The van der Waals surface area contributed by atoms with E-state index in [4.69, 9.17) is 0 Å². The summed E-state index contributed by atoms with van der Waals surface area (Å²) in [4.78, 5) is 12.9. The van der Waals surface area contributed by atoms with Gasteiger partial charge >= 0.3 is 6.03 Å². The monoisotopic (exact) mass is 266 g/mol. The minimum atomic E-state index is -0.806. The van der Waals surface area contributed by atoms with E-state index in [-0.39, 0.29) is 12.5 Å². The summed E-state index contributed by atoms with van der Waals surface area (Å²) in [5, 5.41) is 22.6. The van der Waals surface area contributed by atoms with Crippen LogP contribution >= 0.6 is 0 Å². The van der Waals surface area contributed by atoms with Crippen molar-refractivity contribution >= 4 is 6.03 Å². The van der Waals surface area contributed by atoms with Crippen molar-refractivity contribution in [1.29, 1.82) is 0 Å². The highest BCUT2D eigenvalue weighted by Crippen LogP contribution is 2.19. The third-order valence-corrected chi connectivity index (χ3v) is 2.98. The number of benzene rings is 1. The van der Waals surface area contributed by atoms with E-state index in [1.807, 2.05) is 18.2 Å². The number of aliphatic hydroxyl groups is 2. The van der Waals surface area contributed by atoms with Crippen LogP contribution in [0.3, 0.4) is 0 Å². The molecule has 1 unspecified atom stereocenters. The van der Waals surface area contributed by atoms with Crippen molar-refractivity contribution in [3.63, 3.8) is 0 Å². The minimum absolute atomic E-state index is 0.179. The van der Waals surface area contributed by atoms with Crippen LogP contribution in [0.25, 0.3) is 0 Å². The molecule has 3 atom stereocenters. The van der Waals surface area contributed by atoms with Crippen LogP contribution in [0.2, 0.25) is 0 Å². The lowest BCUT2D eigenvalue weighted by atomic mass is 10.00. The molecule has 3 N–H and O–H groups in total. The molecule has 1 aromatic rings. The molecule has 0 heterocycles. The molecule has 0 saturated carbocycles. The van der Waals surface area contributed by atoms with E-state index in [0.717, 1.165) is 5.56 Å². The zero-order valence-corrected chi connectivity index (χ0v) is 11.6. The summed E-state index contributed by atoms with van der Waals surface area (Å²) in [7, 11) is 3.26. The molecule has 0 fully saturated rings. The van der Waals surface area contributed by atoms with Gasteiger partial charge in [-0.3, -0.25) is 0 Å². The lowest BCUT2D eigenvalue weighted by Crippen LogP contribution is -2.46. The first-order chi connectivity index (χ1) is 8.91. The van der Waals surface area contributed by atoms with E-state index in [9.17, 15) is 15.0 Å². The normalized spacial score (nSPS) is 15.4. The molecule has 0 spiro atoms. The number of aliphatic hydroxyl groups excluding tert-OH is 2. The quantitative estimate of drug-likeness (QED) is 0.748. The summed E-state index contributed by atoms with van der Waals surface area (Å²) in [5.41, 5.74) is 0.757. The predicted octanol–water partition coefficient (Wildman–Crippen LogP) is 1.13. The summed E-state index contributed by atoms with van der Waals surface area (Å²) >= 11 is 0. The van der Waals surface area contributed by atoms with Crippen LogP contribution in [0.5, 0.6) is 0 Å². The van der Waals surface area contributed by atoms with E-state index in [0.29, 0.717) is 0 Å². The van der Waals surface area contributed by atoms with Gasteiger partial charge in [-0.15, -0.1) is 0 Å². The van der Waals surface area contributed by atoms with Crippen molar-refractivity contribution in [2.45, 2.75) is 31.6 Å². The van der Waals surface area contributed by atoms with E-state index in [2.05, 4.69) is 5.32 Å². The van der Waals surface area contributed by atoms with Gasteiger partial charge < -0.3 is 20.4 Å². The Morgan fingerprint density at radius 1 is 1.26 bits per heavy atom. The minimum Gasteiger partial charge on any atom is -0.391 e. The standard InChI is InChI=1S/C14H22N2O3/c1-10(15-14(19)16(2)3)12(17)9-13(18)11-7-5-4-6-8-11/h4-8,10,12-13,17-18H,9H2,1-3H3,(H,15,19)/t10?,12-,13-/m1/s1. The summed E-state index contributed by atoms with van der Waals surface area (Å²) in [6, 6.07) is 8.46. The van der Waals surface area contributed by atoms with Crippen LogP contribution in [0.4, 0.5) is 4.79 Å². The summed E-state index contributed by atoms with van der Waals surface area (Å²) < 4.78 is 0. The van der Waals surface area contributed by atoms with Crippen LogP contribution in [0.1, 0.15) is 25.0 Å². The van der Waals surface area contributed by atoms with E-state index >= 15 is 0 Å². The maximum Gasteiger partial charge on any atom is 0.317 e. The Morgan fingerprint density at radius 3 is 2.37 bits per heavy atom. The van der Waals surface area contributed by atoms with Crippen molar-refractivity contribution in [3.8, 4) is 0 Å². The van der Waals surface area contributed by atoms with E-state index in [1.54, 1.807) is 33.2 Å². The van der Waals surface area contributed by atoms with Crippen molar-refractivity contribution in [2.24, 2.45) is 0 Å². The molecule has 0 aliphatic rings. The molecule has 5 heteroatoms. The number of carbonyl (C=O) groups is 1. The summed E-state index contributed by atoms with van der Waals surface area (Å²) in [6.45, 7) is 1.71. The molecule has 0 radical (unpaired) electrons. The first-order valence-electron chi connectivity index (χ1n) is 6.30. The SMILES string of the molecule is CC(NC(=O)N(C)C)[C@H](O)C[C@@H](O)c1ccccc1. The Bertz CT molecular complexity index is 395. The fourth-order valence-electron chi connectivity index (χ4n) is 1.66. The molecule has 2 amide bonds. The highest BCUT2D eigenvalue weighted by atomic mass is 16.3. The van der Waals surface area contributed by atoms with Crippen molar-refractivity contribution in [3.05, 3.63) is 35.9 Å². The zero-order valence-electron chi connectivity index (χ0n) is 11.6. The van der Waals surface area contributed by atoms with Crippen LogP contribution < -0.4 is 5.32 Å². The summed E-state index contributed by atoms with van der Waals surface area (Å²) in [5.74, 6) is 0. The van der Waals surface area contributed by atoms with Gasteiger partial charge in [-0.1, -0.05) is 30.3 Å². The lowest BCUT2D eigenvalue weighted by molar-refractivity contribution is 0.0610. The van der Waals surface area contributed by atoms with Crippen molar-refractivity contribution in [1.82, 2.24) is 10.2 Å². The lowest BCUT2D eigenvalue weighted by Gasteiger charge is -2.24. The molecule has 1 rings (SSSR count). The summed E-state index contributed by atoms with van der Waals surface area (Å²) in [6.07, 6.45) is -1.37.